The normalized spacial score (nSPS) is 17.9. The number of amides is 1. The molecule has 0 saturated carbocycles. The summed E-state index contributed by atoms with van der Waals surface area (Å²) in [5.41, 5.74) is 5.06. The van der Waals surface area contributed by atoms with Crippen molar-refractivity contribution in [3.8, 4) is 0 Å². The number of methoxy groups -OCH3 is 1. The monoisotopic (exact) mass is 173 g/mol. The van der Waals surface area contributed by atoms with Crippen LogP contribution in [0.5, 0.6) is 0 Å². The SMILES string of the molecule is C=CC(C)OC(C)(OC)C(N)=O. The molecule has 0 saturated heterocycles. The summed E-state index contributed by atoms with van der Waals surface area (Å²) in [5, 5.41) is 0. The maximum absolute atomic E-state index is 10.8. The Bertz CT molecular complexity index is 181. The fourth-order valence-electron chi connectivity index (χ4n) is 0.610. The van der Waals surface area contributed by atoms with Crippen molar-refractivity contribution in [3.05, 3.63) is 12.7 Å². The first-order valence-electron chi connectivity index (χ1n) is 3.61. The fourth-order valence-corrected chi connectivity index (χ4v) is 0.610. The third-order valence-electron chi connectivity index (χ3n) is 1.58. The molecule has 0 rings (SSSR count). The molecule has 0 aromatic rings. The summed E-state index contributed by atoms with van der Waals surface area (Å²) in [6, 6.07) is 0. The zero-order chi connectivity index (χ0) is 9.78. The Labute approximate surface area is 72.3 Å². The molecule has 12 heavy (non-hydrogen) atoms. The number of carbonyl (C=O) groups is 1. The highest BCUT2D eigenvalue weighted by molar-refractivity contribution is 5.81. The third kappa shape index (κ3) is 2.64. The van der Waals surface area contributed by atoms with E-state index in [1.54, 1.807) is 13.0 Å². The summed E-state index contributed by atoms with van der Waals surface area (Å²) >= 11 is 0. The average Bonchev–Trinajstić information content (AvgIpc) is 2.03. The van der Waals surface area contributed by atoms with Crippen molar-refractivity contribution in [2.24, 2.45) is 5.73 Å². The maximum Gasteiger partial charge on any atom is 0.277 e. The van der Waals surface area contributed by atoms with Crippen molar-refractivity contribution in [2.75, 3.05) is 7.11 Å². The van der Waals surface area contributed by atoms with Crippen LogP contribution in [0, 0.1) is 0 Å². The van der Waals surface area contributed by atoms with E-state index >= 15 is 0 Å². The molecule has 0 heterocycles. The molecule has 0 fully saturated rings. The van der Waals surface area contributed by atoms with Crippen LogP contribution in [0.25, 0.3) is 0 Å². The van der Waals surface area contributed by atoms with Crippen molar-refractivity contribution in [1.82, 2.24) is 0 Å². The summed E-state index contributed by atoms with van der Waals surface area (Å²) in [6.07, 6.45) is 1.28. The first kappa shape index (κ1) is 11.1. The highest BCUT2D eigenvalue weighted by Crippen LogP contribution is 2.13. The average molecular weight is 173 g/mol. The quantitative estimate of drug-likeness (QED) is 0.484. The summed E-state index contributed by atoms with van der Waals surface area (Å²) in [7, 11) is 1.36. The Morgan fingerprint density at radius 2 is 2.25 bits per heavy atom. The van der Waals surface area contributed by atoms with E-state index in [4.69, 9.17) is 15.2 Å². The van der Waals surface area contributed by atoms with Gasteiger partial charge in [0.25, 0.3) is 5.91 Å². The van der Waals surface area contributed by atoms with Crippen molar-refractivity contribution in [3.63, 3.8) is 0 Å². The first-order valence-corrected chi connectivity index (χ1v) is 3.61. The smallest absolute Gasteiger partial charge is 0.277 e. The van der Waals surface area contributed by atoms with Gasteiger partial charge in [0.05, 0.1) is 6.10 Å². The van der Waals surface area contributed by atoms with Gasteiger partial charge in [-0.3, -0.25) is 4.79 Å². The fraction of sp³-hybridized carbons (Fsp3) is 0.625. The lowest BCUT2D eigenvalue weighted by atomic mass is 10.3. The second kappa shape index (κ2) is 4.23. The molecule has 0 aliphatic rings. The largest absolute Gasteiger partial charge is 0.365 e. The summed E-state index contributed by atoms with van der Waals surface area (Å²) < 4.78 is 10.0. The van der Waals surface area contributed by atoms with Gasteiger partial charge in [-0.25, -0.2) is 0 Å². The lowest BCUT2D eigenvalue weighted by Crippen LogP contribution is -2.46. The summed E-state index contributed by atoms with van der Waals surface area (Å²) in [6.45, 7) is 6.72. The van der Waals surface area contributed by atoms with Crippen LogP contribution in [0.15, 0.2) is 12.7 Å². The van der Waals surface area contributed by atoms with Gasteiger partial charge in [0.15, 0.2) is 0 Å². The zero-order valence-electron chi connectivity index (χ0n) is 7.66. The number of ether oxygens (including phenoxy) is 2. The maximum atomic E-state index is 10.8. The molecular formula is C8H15NO3. The van der Waals surface area contributed by atoms with Crippen LogP contribution in [-0.2, 0) is 14.3 Å². The van der Waals surface area contributed by atoms with E-state index in [9.17, 15) is 4.79 Å². The molecule has 0 radical (unpaired) electrons. The van der Waals surface area contributed by atoms with Gasteiger partial charge in [0.2, 0.25) is 5.79 Å². The minimum atomic E-state index is -1.37. The van der Waals surface area contributed by atoms with E-state index in [0.717, 1.165) is 0 Å². The summed E-state index contributed by atoms with van der Waals surface area (Å²) in [5.74, 6) is -2.02. The Morgan fingerprint density at radius 3 is 2.50 bits per heavy atom. The lowest BCUT2D eigenvalue weighted by molar-refractivity contribution is -0.217. The van der Waals surface area contributed by atoms with E-state index < -0.39 is 11.7 Å². The molecule has 0 aromatic carbocycles. The predicted molar refractivity (Wildman–Crippen MR) is 45.4 cm³/mol. The lowest BCUT2D eigenvalue weighted by Gasteiger charge is -2.26. The molecule has 70 valence electrons. The van der Waals surface area contributed by atoms with Gasteiger partial charge in [-0.1, -0.05) is 6.08 Å². The number of nitrogens with two attached hydrogens (primary N) is 1. The molecule has 0 spiro atoms. The van der Waals surface area contributed by atoms with Gasteiger partial charge < -0.3 is 15.2 Å². The minimum absolute atomic E-state index is 0.276. The Balaban J connectivity index is 4.33. The topological polar surface area (TPSA) is 61.6 Å². The Hall–Kier alpha value is -0.870. The van der Waals surface area contributed by atoms with Gasteiger partial charge in [-0.05, 0) is 13.8 Å². The minimum Gasteiger partial charge on any atom is -0.365 e. The van der Waals surface area contributed by atoms with Gasteiger partial charge >= 0.3 is 0 Å². The highest BCUT2D eigenvalue weighted by atomic mass is 16.7. The molecule has 0 aliphatic heterocycles. The van der Waals surface area contributed by atoms with Crippen LogP contribution in [0.2, 0.25) is 0 Å². The molecule has 2 unspecified atom stereocenters. The van der Waals surface area contributed by atoms with Gasteiger partial charge in [-0.2, -0.15) is 0 Å². The Kier molecular flexibility index (Phi) is 3.92. The number of hydrogen-bond donors (Lipinski definition) is 1. The number of primary amides is 1. The zero-order valence-corrected chi connectivity index (χ0v) is 7.66. The molecule has 1 amide bonds. The third-order valence-corrected chi connectivity index (χ3v) is 1.58. The van der Waals surface area contributed by atoms with Crippen LogP contribution in [0.3, 0.4) is 0 Å². The molecule has 0 aliphatic carbocycles. The highest BCUT2D eigenvalue weighted by Gasteiger charge is 2.33. The van der Waals surface area contributed by atoms with Crippen LogP contribution in [-0.4, -0.2) is 24.9 Å². The molecule has 4 heteroatoms. The van der Waals surface area contributed by atoms with Crippen LogP contribution < -0.4 is 5.73 Å². The van der Waals surface area contributed by atoms with Gasteiger partial charge in [0.1, 0.15) is 0 Å². The second-order valence-corrected chi connectivity index (χ2v) is 2.57. The first-order chi connectivity index (χ1) is 5.46. The van der Waals surface area contributed by atoms with E-state index in [1.165, 1.54) is 14.0 Å². The van der Waals surface area contributed by atoms with Crippen LogP contribution >= 0.6 is 0 Å². The number of rotatable bonds is 5. The van der Waals surface area contributed by atoms with Crippen molar-refractivity contribution in [2.45, 2.75) is 25.7 Å². The predicted octanol–water partition coefficient (Wildman–Crippen LogP) is 0.425. The Morgan fingerprint density at radius 1 is 1.75 bits per heavy atom. The van der Waals surface area contributed by atoms with Crippen LogP contribution in [0.4, 0.5) is 0 Å². The number of hydrogen-bond acceptors (Lipinski definition) is 3. The van der Waals surface area contributed by atoms with Crippen molar-refractivity contribution in [1.29, 1.82) is 0 Å². The molecule has 2 N–H and O–H groups in total. The summed E-state index contributed by atoms with van der Waals surface area (Å²) in [4.78, 5) is 10.8. The van der Waals surface area contributed by atoms with Crippen LogP contribution in [0.1, 0.15) is 13.8 Å². The molecule has 0 bridgehead atoms. The van der Waals surface area contributed by atoms with Gasteiger partial charge in [0, 0.05) is 7.11 Å². The van der Waals surface area contributed by atoms with Gasteiger partial charge in [-0.15, -0.1) is 6.58 Å². The van der Waals surface area contributed by atoms with Crippen molar-refractivity contribution >= 4 is 5.91 Å². The molecule has 4 nitrogen and oxygen atoms in total. The standard InChI is InChI=1S/C8H15NO3/c1-5-6(2)12-8(3,11-4)7(9)10/h5-6H,1H2,2-4H3,(H2,9,10). The van der Waals surface area contributed by atoms with E-state index in [2.05, 4.69) is 6.58 Å². The molecular weight excluding hydrogens is 158 g/mol. The van der Waals surface area contributed by atoms with E-state index in [1.807, 2.05) is 0 Å². The molecule has 0 aromatic heterocycles. The van der Waals surface area contributed by atoms with Crippen molar-refractivity contribution < 1.29 is 14.3 Å². The molecule has 2 atom stereocenters. The second-order valence-electron chi connectivity index (χ2n) is 2.57. The van der Waals surface area contributed by atoms with E-state index in [0.29, 0.717) is 0 Å². The number of carbonyl (C=O) groups excluding carboxylic acids is 1. The van der Waals surface area contributed by atoms with E-state index in [-0.39, 0.29) is 6.10 Å².